The Morgan fingerprint density at radius 1 is 0.964 bits per heavy atom. The molecule has 28 heavy (non-hydrogen) atoms. The summed E-state index contributed by atoms with van der Waals surface area (Å²) in [6.45, 7) is 0. The van der Waals surface area contributed by atoms with Gasteiger partial charge in [0.25, 0.3) is 0 Å². The van der Waals surface area contributed by atoms with Gasteiger partial charge in [-0.15, -0.1) is 0 Å². The first-order valence-corrected chi connectivity index (χ1v) is 8.84. The number of carbonyl (C=O) groups is 2. The monoisotopic (exact) mass is 387 g/mol. The predicted molar refractivity (Wildman–Crippen MR) is 104 cm³/mol. The first-order chi connectivity index (χ1) is 13.5. The Morgan fingerprint density at radius 2 is 1.68 bits per heavy atom. The summed E-state index contributed by atoms with van der Waals surface area (Å²) in [5.74, 6) is -1.67. The van der Waals surface area contributed by atoms with Crippen LogP contribution in [0.25, 0.3) is 0 Å². The lowest BCUT2D eigenvalue weighted by Gasteiger charge is -2.06. The van der Waals surface area contributed by atoms with Crippen molar-refractivity contribution in [2.75, 3.05) is 5.32 Å². The topological polar surface area (TPSA) is 111 Å². The van der Waals surface area contributed by atoms with Crippen LogP contribution >= 0.6 is 0 Å². The molecule has 0 aromatic heterocycles. The number of rotatable bonds is 9. The van der Waals surface area contributed by atoms with Crippen LogP contribution in [-0.4, -0.2) is 28.2 Å². The summed E-state index contributed by atoms with van der Waals surface area (Å²) in [7, 11) is 0. The second kappa shape index (κ2) is 10.7. The van der Waals surface area contributed by atoms with Crippen LogP contribution in [0.2, 0.25) is 0 Å². The molecule has 0 unspecified atom stereocenters. The van der Waals surface area contributed by atoms with Crippen LogP contribution in [0.3, 0.4) is 0 Å². The zero-order chi connectivity index (χ0) is 20.4. The van der Waals surface area contributed by atoms with E-state index in [4.69, 9.17) is 5.11 Å². The van der Waals surface area contributed by atoms with Gasteiger partial charge in [0, 0.05) is 12.8 Å². The molecule has 0 aliphatic heterocycles. The molecule has 0 heterocycles. The quantitative estimate of drug-likeness (QED) is 0.229. The average Bonchev–Trinajstić information content (AvgIpc) is 2.66. The summed E-state index contributed by atoms with van der Waals surface area (Å²) in [5.41, 5.74) is 3.12. The lowest BCUT2D eigenvalue weighted by Crippen LogP contribution is -2.17. The molecule has 0 aliphatic rings. The minimum Gasteiger partial charge on any atom is -0.506 e. The van der Waals surface area contributed by atoms with E-state index in [1.807, 2.05) is 0 Å². The van der Waals surface area contributed by atoms with Gasteiger partial charge in [0.1, 0.15) is 5.75 Å². The fraction of sp³-hybridized carbons (Fsp3) is 0.250. The molecule has 4 N–H and O–H groups in total. The first-order valence-electron chi connectivity index (χ1n) is 8.84. The minimum absolute atomic E-state index is 0.0168. The smallest absolute Gasteiger partial charge is 0.240 e. The third kappa shape index (κ3) is 7.06. The number of nitrogens with zero attached hydrogens (tertiary/aromatic N) is 1. The molecule has 8 heteroatoms. The van der Waals surface area contributed by atoms with Gasteiger partial charge in [0.2, 0.25) is 11.8 Å². The Bertz CT molecular complexity index is 855. The molecule has 2 aromatic carbocycles. The van der Waals surface area contributed by atoms with Crippen molar-refractivity contribution in [3.05, 3.63) is 53.8 Å². The van der Waals surface area contributed by atoms with Crippen molar-refractivity contribution in [3.8, 4) is 11.5 Å². The summed E-state index contributed by atoms with van der Waals surface area (Å²) in [6.07, 6.45) is 3.73. The maximum Gasteiger partial charge on any atom is 0.240 e. The number of amides is 2. The van der Waals surface area contributed by atoms with Crippen molar-refractivity contribution in [2.24, 2.45) is 5.10 Å². The van der Waals surface area contributed by atoms with Crippen LogP contribution in [0.5, 0.6) is 11.5 Å². The molecule has 0 bridgehead atoms. The Labute approximate surface area is 161 Å². The molecule has 0 fully saturated rings. The average molecular weight is 387 g/mol. The maximum atomic E-state index is 13.2. The molecule has 0 aliphatic carbocycles. The highest BCUT2D eigenvalue weighted by Crippen LogP contribution is 2.21. The number of hydrogen-bond acceptors (Lipinski definition) is 5. The summed E-state index contributed by atoms with van der Waals surface area (Å²) in [5, 5.41) is 25.1. The minimum atomic E-state index is -0.762. The Balaban J connectivity index is 1.59. The molecular weight excluding hydrogens is 365 g/mol. The number of aromatic hydroxyl groups is 2. The van der Waals surface area contributed by atoms with Gasteiger partial charge in [0.05, 0.1) is 11.9 Å². The number of nitrogens with one attached hydrogen (secondary N) is 2. The summed E-state index contributed by atoms with van der Waals surface area (Å²) < 4.78 is 13.2. The van der Waals surface area contributed by atoms with Crippen molar-refractivity contribution >= 4 is 23.7 Å². The van der Waals surface area contributed by atoms with Gasteiger partial charge < -0.3 is 15.5 Å². The third-order valence-electron chi connectivity index (χ3n) is 3.86. The number of hydrazone groups is 1. The molecule has 0 radical (unpaired) electrons. The van der Waals surface area contributed by atoms with Gasteiger partial charge in [-0.05, 0) is 48.7 Å². The van der Waals surface area contributed by atoms with E-state index >= 15 is 0 Å². The van der Waals surface area contributed by atoms with Crippen LogP contribution in [0, 0.1) is 5.82 Å². The Hall–Kier alpha value is -3.42. The molecule has 148 valence electrons. The standard InChI is InChI=1S/C20H22FN3O4/c21-15-12-14(10-11-17(15)25)13-22-24-20(28)9-3-1-2-8-19(27)23-16-6-4-5-7-18(16)26/h4-7,10-13,25-26H,1-3,8-9H2,(H,23,27)(H,24,28)/b22-13+. The Morgan fingerprint density at radius 3 is 2.39 bits per heavy atom. The highest BCUT2D eigenvalue weighted by Gasteiger charge is 2.06. The van der Waals surface area contributed by atoms with Crippen LogP contribution in [0.1, 0.15) is 37.7 Å². The van der Waals surface area contributed by atoms with Crippen molar-refractivity contribution in [1.82, 2.24) is 5.43 Å². The molecule has 7 nitrogen and oxygen atoms in total. The van der Waals surface area contributed by atoms with Crippen molar-refractivity contribution < 1.29 is 24.2 Å². The van der Waals surface area contributed by atoms with Crippen LogP contribution < -0.4 is 10.7 Å². The molecular formula is C20H22FN3O4. The van der Waals surface area contributed by atoms with Crippen molar-refractivity contribution in [2.45, 2.75) is 32.1 Å². The number of anilines is 1. The largest absolute Gasteiger partial charge is 0.506 e. The Kier molecular flexibility index (Phi) is 7.95. The molecule has 2 rings (SSSR count). The SMILES string of the molecule is O=C(CCCCCC(=O)Nc1ccccc1O)N/N=C/c1ccc(O)c(F)c1. The lowest BCUT2D eigenvalue weighted by atomic mass is 10.1. The molecule has 0 atom stereocenters. The van der Waals surface area contributed by atoms with Gasteiger partial charge in [-0.3, -0.25) is 9.59 Å². The summed E-state index contributed by atoms with van der Waals surface area (Å²) >= 11 is 0. The van der Waals surface area contributed by atoms with E-state index in [0.29, 0.717) is 36.9 Å². The van der Waals surface area contributed by atoms with Crippen molar-refractivity contribution in [1.29, 1.82) is 0 Å². The number of unbranched alkanes of at least 4 members (excludes halogenated alkanes) is 2. The normalized spacial score (nSPS) is 10.8. The zero-order valence-corrected chi connectivity index (χ0v) is 15.2. The third-order valence-corrected chi connectivity index (χ3v) is 3.86. The lowest BCUT2D eigenvalue weighted by molar-refractivity contribution is -0.121. The number of hydrogen-bond donors (Lipinski definition) is 4. The molecule has 0 spiro atoms. The van der Waals surface area contributed by atoms with Gasteiger partial charge in [-0.25, -0.2) is 9.82 Å². The van der Waals surface area contributed by atoms with Crippen LogP contribution in [0.15, 0.2) is 47.6 Å². The van der Waals surface area contributed by atoms with E-state index in [2.05, 4.69) is 15.8 Å². The number of phenols is 2. The van der Waals surface area contributed by atoms with Gasteiger partial charge in [-0.2, -0.15) is 5.10 Å². The number of carbonyl (C=O) groups excluding carboxylic acids is 2. The highest BCUT2D eigenvalue weighted by molar-refractivity contribution is 5.92. The predicted octanol–water partition coefficient (Wildman–Crippen LogP) is 3.28. The maximum absolute atomic E-state index is 13.2. The van der Waals surface area contributed by atoms with E-state index in [1.165, 1.54) is 24.4 Å². The van der Waals surface area contributed by atoms with Crippen LogP contribution in [0.4, 0.5) is 10.1 Å². The van der Waals surface area contributed by atoms with E-state index in [-0.39, 0.29) is 24.0 Å². The fourth-order valence-electron chi connectivity index (χ4n) is 2.38. The number of phenolic OH excluding ortho intramolecular Hbond substituents is 2. The highest BCUT2D eigenvalue weighted by atomic mass is 19.1. The van der Waals surface area contributed by atoms with Gasteiger partial charge in [0.15, 0.2) is 11.6 Å². The molecule has 0 saturated carbocycles. The van der Waals surface area contributed by atoms with Gasteiger partial charge in [-0.1, -0.05) is 18.6 Å². The second-order valence-corrected chi connectivity index (χ2v) is 6.13. The fourth-order valence-corrected chi connectivity index (χ4v) is 2.38. The zero-order valence-electron chi connectivity index (χ0n) is 15.2. The summed E-state index contributed by atoms with van der Waals surface area (Å²) in [6, 6.07) is 10.3. The second-order valence-electron chi connectivity index (χ2n) is 6.13. The van der Waals surface area contributed by atoms with E-state index in [9.17, 15) is 19.1 Å². The molecule has 2 aromatic rings. The summed E-state index contributed by atoms with van der Waals surface area (Å²) in [4.78, 5) is 23.5. The van der Waals surface area contributed by atoms with Crippen LogP contribution in [-0.2, 0) is 9.59 Å². The van der Waals surface area contributed by atoms with E-state index in [1.54, 1.807) is 18.2 Å². The van der Waals surface area contributed by atoms with E-state index < -0.39 is 11.6 Å². The van der Waals surface area contributed by atoms with Gasteiger partial charge >= 0.3 is 0 Å². The molecule has 2 amide bonds. The van der Waals surface area contributed by atoms with E-state index in [0.717, 1.165) is 6.07 Å². The number of halogens is 1. The molecule has 0 saturated heterocycles. The number of para-hydroxylation sites is 2. The number of benzene rings is 2. The van der Waals surface area contributed by atoms with Crippen molar-refractivity contribution in [3.63, 3.8) is 0 Å². The first kappa shape index (κ1) is 20.9.